The quantitative estimate of drug-likeness (QED) is 0.596. The Bertz CT molecular complexity index is 282. The first kappa shape index (κ1) is 17.9. The normalized spacial score (nSPS) is 14.2. The molecular weight excluding hydrogens is 244 g/mol. The number of unbranched alkanes of at least 4 members (excludes halogenated alkanes) is 2. The Balaban J connectivity index is 4.28. The van der Waals surface area contributed by atoms with Gasteiger partial charge in [0.15, 0.2) is 0 Å². The molecule has 2 N–H and O–H groups in total. The van der Waals surface area contributed by atoms with Crippen molar-refractivity contribution in [2.24, 2.45) is 0 Å². The molecule has 0 saturated carbocycles. The van der Waals surface area contributed by atoms with Crippen LogP contribution in [0.3, 0.4) is 0 Å². The molecule has 0 rings (SSSR count). The average Bonchev–Trinajstić information content (AvgIpc) is 2.34. The molecule has 0 aromatic rings. The average molecular weight is 272 g/mol. The topological polar surface area (TPSA) is 69.6 Å². The number of rotatable bonds is 10. The maximum absolute atomic E-state index is 12.0. The zero-order chi connectivity index (χ0) is 14.8. The van der Waals surface area contributed by atoms with E-state index >= 15 is 0 Å². The molecule has 2 atom stereocenters. The number of aliphatic carboxylic acids is 1. The van der Waals surface area contributed by atoms with Gasteiger partial charge in [-0.05, 0) is 26.8 Å². The second-order valence-electron chi connectivity index (χ2n) is 4.95. The lowest BCUT2D eigenvalue weighted by Gasteiger charge is -2.31. The van der Waals surface area contributed by atoms with Crippen LogP contribution >= 0.6 is 0 Å². The van der Waals surface area contributed by atoms with Crippen LogP contribution in [0.15, 0.2) is 0 Å². The van der Waals surface area contributed by atoms with E-state index in [4.69, 9.17) is 5.11 Å². The van der Waals surface area contributed by atoms with Gasteiger partial charge in [-0.1, -0.05) is 26.7 Å². The molecule has 0 radical (unpaired) electrons. The lowest BCUT2D eigenvalue weighted by Crippen LogP contribution is -2.49. The molecule has 0 heterocycles. The molecule has 0 aliphatic rings. The highest BCUT2D eigenvalue weighted by Crippen LogP contribution is 2.09. The Labute approximate surface area is 116 Å². The first-order valence-electron chi connectivity index (χ1n) is 7.19. The van der Waals surface area contributed by atoms with Crippen molar-refractivity contribution >= 4 is 11.9 Å². The first-order valence-corrected chi connectivity index (χ1v) is 7.19. The maximum atomic E-state index is 12.0. The summed E-state index contributed by atoms with van der Waals surface area (Å²) >= 11 is 0. The number of nitrogens with zero attached hydrogens (tertiary/aromatic N) is 1. The summed E-state index contributed by atoms with van der Waals surface area (Å²) < 4.78 is 0. The van der Waals surface area contributed by atoms with Gasteiger partial charge >= 0.3 is 5.97 Å². The van der Waals surface area contributed by atoms with Crippen molar-refractivity contribution in [3.05, 3.63) is 0 Å². The van der Waals surface area contributed by atoms with Gasteiger partial charge in [0.1, 0.15) is 0 Å². The molecule has 0 aliphatic carbocycles. The standard InChI is InChI=1S/C14H28N2O3/c1-5-7-8-9-15-14(19)12(4)16(6-2)11(3)10-13(17)18/h11-12H,5-10H2,1-4H3,(H,15,19)(H,17,18). The molecule has 112 valence electrons. The number of likely N-dealkylation sites (N-methyl/N-ethyl adjacent to an activating group) is 1. The molecule has 0 fully saturated rings. The van der Waals surface area contributed by atoms with E-state index in [-0.39, 0.29) is 24.4 Å². The van der Waals surface area contributed by atoms with Gasteiger partial charge in [-0.15, -0.1) is 0 Å². The van der Waals surface area contributed by atoms with Crippen molar-refractivity contribution in [2.45, 2.75) is 65.5 Å². The van der Waals surface area contributed by atoms with Gasteiger partial charge in [0.05, 0.1) is 12.5 Å². The monoisotopic (exact) mass is 272 g/mol. The van der Waals surface area contributed by atoms with E-state index < -0.39 is 5.97 Å². The van der Waals surface area contributed by atoms with Gasteiger partial charge in [0.2, 0.25) is 5.91 Å². The molecule has 1 amide bonds. The highest BCUT2D eigenvalue weighted by atomic mass is 16.4. The SMILES string of the molecule is CCCCCNC(=O)C(C)N(CC)C(C)CC(=O)O. The number of carboxylic acid groups (broad SMARTS) is 1. The fourth-order valence-electron chi connectivity index (χ4n) is 2.22. The van der Waals surface area contributed by atoms with Crippen LogP contribution in [0.2, 0.25) is 0 Å². The van der Waals surface area contributed by atoms with Crippen molar-refractivity contribution in [1.29, 1.82) is 0 Å². The number of carboxylic acids is 1. The molecule has 0 bridgehead atoms. The first-order chi connectivity index (χ1) is 8.93. The Morgan fingerprint density at radius 1 is 1.21 bits per heavy atom. The number of hydrogen-bond acceptors (Lipinski definition) is 3. The van der Waals surface area contributed by atoms with Crippen LogP contribution in [-0.4, -0.2) is 47.1 Å². The van der Waals surface area contributed by atoms with E-state index in [2.05, 4.69) is 12.2 Å². The van der Waals surface area contributed by atoms with E-state index in [1.807, 2.05) is 25.7 Å². The summed E-state index contributed by atoms with van der Waals surface area (Å²) in [7, 11) is 0. The molecule has 0 saturated heterocycles. The van der Waals surface area contributed by atoms with Crippen LogP contribution in [0.1, 0.15) is 53.4 Å². The summed E-state index contributed by atoms with van der Waals surface area (Å²) in [5.74, 6) is -0.850. The summed E-state index contributed by atoms with van der Waals surface area (Å²) in [6.45, 7) is 9.10. The summed E-state index contributed by atoms with van der Waals surface area (Å²) in [5, 5.41) is 11.7. The van der Waals surface area contributed by atoms with Gasteiger partial charge in [0, 0.05) is 12.6 Å². The Morgan fingerprint density at radius 2 is 1.84 bits per heavy atom. The smallest absolute Gasteiger partial charge is 0.304 e. The zero-order valence-electron chi connectivity index (χ0n) is 12.6. The van der Waals surface area contributed by atoms with Crippen LogP contribution in [0.25, 0.3) is 0 Å². The minimum absolute atomic E-state index is 0.0183. The van der Waals surface area contributed by atoms with Crippen LogP contribution < -0.4 is 5.32 Å². The summed E-state index contributed by atoms with van der Waals surface area (Å²) in [4.78, 5) is 24.7. The Kier molecular flexibility index (Phi) is 9.21. The van der Waals surface area contributed by atoms with E-state index in [0.717, 1.165) is 19.3 Å². The molecule has 5 nitrogen and oxygen atoms in total. The summed E-state index contributed by atoms with van der Waals surface area (Å²) in [5.41, 5.74) is 0. The molecule has 2 unspecified atom stereocenters. The number of nitrogens with one attached hydrogen (secondary N) is 1. The highest BCUT2D eigenvalue weighted by Gasteiger charge is 2.25. The highest BCUT2D eigenvalue weighted by molar-refractivity contribution is 5.81. The van der Waals surface area contributed by atoms with Crippen molar-refractivity contribution in [2.75, 3.05) is 13.1 Å². The number of carbonyl (C=O) groups excluding carboxylic acids is 1. The van der Waals surface area contributed by atoms with Crippen molar-refractivity contribution in [1.82, 2.24) is 10.2 Å². The lowest BCUT2D eigenvalue weighted by molar-refractivity contribution is -0.139. The molecule has 19 heavy (non-hydrogen) atoms. The number of carbonyl (C=O) groups is 2. The van der Waals surface area contributed by atoms with E-state index in [0.29, 0.717) is 13.1 Å². The van der Waals surface area contributed by atoms with Crippen molar-refractivity contribution in [3.63, 3.8) is 0 Å². The van der Waals surface area contributed by atoms with Gasteiger partial charge < -0.3 is 10.4 Å². The zero-order valence-corrected chi connectivity index (χ0v) is 12.6. The van der Waals surface area contributed by atoms with Gasteiger partial charge in [-0.2, -0.15) is 0 Å². The Morgan fingerprint density at radius 3 is 2.32 bits per heavy atom. The second-order valence-corrected chi connectivity index (χ2v) is 4.95. The fourth-order valence-corrected chi connectivity index (χ4v) is 2.22. The molecule has 5 heteroatoms. The van der Waals surface area contributed by atoms with Crippen LogP contribution in [0.5, 0.6) is 0 Å². The summed E-state index contributed by atoms with van der Waals surface area (Å²) in [6.07, 6.45) is 3.29. The predicted molar refractivity (Wildman–Crippen MR) is 76.1 cm³/mol. The number of hydrogen-bond donors (Lipinski definition) is 2. The maximum Gasteiger partial charge on any atom is 0.304 e. The Hall–Kier alpha value is -1.10. The van der Waals surface area contributed by atoms with Gasteiger partial charge in [-0.3, -0.25) is 14.5 Å². The molecule has 0 aromatic heterocycles. The van der Waals surface area contributed by atoms with E-state index in [1.54, 1.807) is 0 Å². The lowest BCUT2D eigenvalue weighted by atomic mass is 10.1. The molecule has 0 aliphatic heterocycles. The summed E-state index contributed by atoms with van der Waals surface area (Å²) in [6, 6.07) is -0.431. The third-order valence-corrected chi connectivity index (χ3v) is 3.36. The molecule has 0 spiro atoms. The molecular formula is C14H28N2O3. The molecule has 0 aromatic carbocycles. The van der Waals surface area contributed by atoms with Crippen molar-refractivity contribution in [3.8, 4) is 0 Å². The number of amides is 1. The minimum Gasteiger partial charge on any atom is -0.481 e. The largest absolute Gasteiger partial charge is 0.481 e. The fraction of sp³-hybridized carbons (Fsp3) is 0.857. The predicted octanol–water partition coefficient (Wildman–Crippen LogP) is 1.87. The van der Waals surface area contributed by atoms with Crippen molar-refractivity contribution < 1.29 is 14.7 Å². The van der Waals surface area contributed by atoms with E-state index in [9.17, 15) is 9.59 Å². The van der Waals surface area contributed by atoms with Gasteiger partial charge in [0.25, 0.3) is 0 Å². The second kappa shape index (κ2) is 9.78. The van der Waals surface area contributed by atoms with Gasteiger partial charge in [-0.25, -0.2) is 0 Å². The van der Waals surface area contributed by atoms with Crippen LogP contribution in [0, 0.1) is 0 Å². The third-order valence-electron chi connectivity index (χ3n) is 3.36. The van der Waals surface area contributed by atoms with Crippen LogP contribution in [0.4, 0.5) is 0 Å². The minimum atomic E-state index is -0.832. The van der Waals surface area contributed by atoms with Crippen LogP contribution in [-0.2, 0) is 9.59 Å². The third kappa shape index (κ3) is 7.15. The van der Waals surface area contributed by atoms with E-state index in [1.165, 1.54) is 0 Å².